The predicted octanol–water partition coefficient (Wildman–Crippen LogP) is -0.582. The maximum atomic E-state index is 11.9. The summed E-state index contributed by atoms with van der Waals surface area (Å²) in [5, 5.41) is 16.4. The summed E-state index contributed by atoms with van der Waals surface area (Å²) in [6.07, 6.45) is 2.37. The Morgan fingerprint density at radius 2 is 2.35 bits per heavy atom. The monoisotopic (exact) mass is 240 g/mol. The first-order valence-electron chi connectivity index (χ1n) is 5.52. The molecule has 0 saturated carbocycles. The smallest absolute Gasteiger partial charge is 0.291 e. The molecule has 2 N–H and O–H groups in total. The number of amides is 1. The fourth-order valence-electron chi connectivity index (χ4n) is 1.91. The molecule has 0 aliphatic carbocycles. The van der Waals surface area contributed by atoms with Crippen LogP contribution in [0.3, 0.4) is 0 Å². The average Bonchev–Trinajstić information content (AvgIpc) is 2.81. The quantitative estimate of drug-likeness (QED) is 0.737. The lowest BCUT2D eigenvalue weighted by atomic mass is 9.94. The van der Waals surface area contributed by atoms with Gasteiger partial charge in [0.1, 0.15) is 6.33 Å². The normalized spacial score (nSPS) is 18.9. The standard InChI is InChI=1S/C10H16N4O3/c1-14(9(15)8-11-7-12-13-8)6-10(16)2-4-17-5-3-10/h7,16H,2-6H2,1H3,(H,11,12,13). The summed E-state index contributed by atoms with van der Waals surface area (Å²) in [4.78, 5) is 17.1. The minimum atomic E-state index is -0.858. The Labute approximate surface area is 98.8 Å². The maximum Gasteiger partial charge on any atom is 0.291 e. The van der Waals surface area contributed by atoms with Crippen LogP contribution in [0.2, 0.25) is 0 Å². The molecule has 7 heteroatoms. The third-order valence-electron chi connectivity index (χ3n) is 2.92. The van der Waals surface area contributed by atoms with Crippen molar-refractivity contribution in [1.82, 2.24) is 20.1 Å². The zero-order valence-electron chi connectivity index (χ0n) is 9.72. The number of H-pyrrole nitrogens is 1. The number of carbonyl (C=O) groups excluding carboxylic acids is 1. The Bertz CT molecular complexity index is 373. The summed E-state index contributed by atoms with van der Waals surface area (Å²) in [5.74, 6) is -0.0921. The lowest BCUT2D eigenvalue weighted by Gasteiger charge is -2.35. The van der Waals surface area contributed by atoms with Crippen molar-refractivity contribution in [1.29, 1.82) is 0 Å². The van der Waals surface area contributed by atoms with Crippen LogP contribution in [0.25, 0.3) is 0 Å². The van der Waals surface area contributed by atoms with E-state index in [1.807, 2.05) is 0 Å². The number of likely N-dealkylation sites (N-methyl/N-ethyl adjacent to an activating group) is 1. The molecule has 94 valence electrons. The van der Waals surface area contributed by atoms with Crippen molar-refractivity contribution >= 4 is 5.91 Å². The van der Waals surface area contributed by atoms with Crippen LogP contribution in [0.5, 0.6) is 0 Å². The second kappa shape index (κ2) is 4.80. The van der Waals surface area contributed by atoms with Gasteiger partial charge in [-0.05, 0) is 0 Å². The first-order valence-corrected chi connectivity index (χ1v) is 5.52. The number of hydrogen-bond donors (Lipinski definition) is 2. The zero-order chi connectivity index (χ0) is 12.3. The van der Waals surface area contributed by atoms with Crippen molar-refractivity contribution in [2.24, 2.45) is 0 Å². The van der Waals surface area contributed by atoms with Gasteiger partial charge in [-0.25, -0.2) is 4.98 Å². The fraction of sp³-hybridized carbons (Fsp3) is 0.700. The number of aliphatic hydroxyl groups is 1. The highest BCUT2D eigenvalue weighted by molar-refractivity contribution is 5.90. The van der Waals surface area contributed by atoms with Crippen LogP contribution in [-0.4, -0.2) is 63.5 Å². The SMILES string of the molecule is CN(CC1(O)CCOCC1)C(=O)c1ncn[nH]1. The van der Waals surface area contributed by atoms with E-state index < -0.39 is 5.60 Å². The van der Waals surface area contributed by atoms with E-state index in [0.717, 1.165) is 0 Å². The minimum absolute atomic E-state index is 0.183. The van der Waals surface area contributed by atoms with E-state index in [0.29, 0.717) is 26.1 Å². The van der Waals surface area contributed by atoms with E-state index in [9.17, 15) is 9.90 Å². The Balaban J connectivity index is 1.96. The molecular formula is C10H16N4O3. The van der Waals surface area contributed by atoms with Crippen LogP contribution < -0.4 is 0 Å². The molecule has 0 unspecified atom stereocenters. The van der Waals surface area contributed by atoms with Gasteiger partial charge in [0, 0.05) is 39.6 Å². The number of ether oxygens (including phenoxy) is 1. The van der Waals surface area contributed by atoms with E-state index in [4.69, 9.17) is 4.74 Å². The summed E-state index contributed by atoms with van der Waals surface area (Å²) < 4.78 is 5.19. The molecule has 0 atom stereocenters. The van der Waals surface area contributed by atoms with Gasteiger partial charge in [-0.15, -0.1) is 0 Å². The van der Waals surface area contributed by atoms with Gasteiger partial charge in [0.2, 0.25) is 5.82 Å². The number of nitrogens with zero attached hydrogens (tertiary/aromatic N) is 3. The molecule has 2 heterocycles. The van der Waals surface area contributed by atoms with Crippen LogP contribution in [0.15, 0.2) is 6.33 Å². The number of hydrogen-bond acceptors (Lipinski definition) is 5. The number of aromatic nitrogens is 3. The predicted molar refractivity (Wildman–Crippen MR) is 58.3 cm³/mol. The summed E-state index contributed by atoms with van der Waals surface area (Å²) in [6, 6.07) is 0. The molecule has 1 aromatic heterocycles. The van der Waals surface area contributed by atoms with Gasteiger partial charge in [-0.3, -0.25) is 9.89 Å². The molecule has 0 bridgehead atoms. The molecule has 0 aromatic carbocycles. The van der Waals surface area contributed by atoms with E-state index >= 15 is 0 Å². The highest BCUT2D eigenvalue weighted by atomic mass is 16.5. The van der Waals surface area contributed by atoms with E-state index in [-0.39, 0.29) is 18.3 Å². The lowest BCUT2D eigenvalue weighted by Crippen LogP contribution is -2.47. The lowest BCUT2D eigenvalue weighted by molar-refractivity contribution is -0.0735. The van der Waals surface area contributed by atoms with Crippen molar-refractivity contribution in [3.63, 3.8) is 0 Å². The minimum Gasteiger partial charge on any atom is -0.388 e. The molecule has 1 aromatic rings. The Morgan fingerprint density at radius 3 is 2.94 bits per heavy atom. The van der Waals surface area contributed by atoms with Crippen LogP contribution in [-0.2, 0) is 4.74 Å². The first kappa shape index (κ1) is 12.0. The maximum absolute atomic E-state index is 11.9. The summed E-state index contributed by atoms with van der Waals surface area (Å²) in [5.41, 5.74) is -0.858. The van der Waals surface area contributed by atoms with E-state index in [1.54, 1.807) is 7.05 Å². The van der Waals surface area contributed by atoms with Gasteiger partial charge in [-0.1, -0.05) is 0 Å². The molecule has 17 heavy (non-hydrogen) atoms. The summed E-state index contributed by atoms with van der Waals surface area (Å²) in [7, 11) is 1.64. The fourth-order valence-corrected chi connectivity index (χ4v) is 1.91. The molecule has 0 spiro atoms. The van der Waals surface area contributed by atoms with Crippen molar-refractivity contribution in [3.8, 4) is 0 Å². The third-order valence-corrected chi connectivity index (χ3v) is 2.92. The average molecular weight is 240 g/mol. The second-order valence-corrected chi connectivity index (χ2v) is 4.33. The molecule has 1 amide bonds. The molecular weight excluding hydrogens is 224 g/mol. The molecule has 7 nitrogen and oxygen atoms in total. The van der Waals surface area contributed by atoms with Crippen molar-refractivity contribution in [2.45, 2.75) is 18.4 Å². The van der Waals surface area contributed by atoms with Crippen molar-refractivity contribution in [3.05, 3.63) is 12.2 Å². The van der Waals surface area contributed by atoms with Gasteiger partial charge >= 0.3 is 0 Å². The largest absolute Gasteiger partial charge is 0.388 e. The molecule has 1 fully saturated rings. The van der Waals surface area contributed by atoms with Crippen LogP contribution in [0.4, 0.5) is 0 Å². The molecule has 2 rings (SSSR count). The van der Waals surface area contributed by atoms with Gasteiger partial charge in [-0.2, -0.15) is 5.10 Å². The van der Waals surface area contributed by atoms with Crippen LogP contribution in [0, 0.1) is 0 Å². The highest BCUT2D eigenvalue weighted by Crippen LogP contribution is 2.21. The molecule has 1 aliphatic heterocycles. The van der Waals surface area contributed by atoms with Crippen molar-refractivity contribution in [2.75, 3.05) is 26.8 Å². The molecule has 1 saturated heterocycles. The van der Waals surface area contributed by atoms with Crippen molar-refractivity contribution < 1.29 is 14.6 Å². The Morgan fingerprint density at radius 1 is 1.65 bits per heavy atom. The summed E-state index contributed by atoms with van der Waals surface area (Å²) >= 11 is 0. The summed E-state index contributed by atoms with van der Waals surface area (Å²) in [6.45, 7) is 1.33. The Kier molecular flexibility index (Phi) is 3.39. The second-order valence-electron chi connectivity index (χ2n) is 4.33. The highest BCUT2D eigenvalue weighted by Gasteiger charge is 2.32. The van der Waals surface area contributed by atoms with Gasteiger partial charge in [0.25, 0.3) is 5.91 Å². The topological polar surface area (TPSA) is 91.3 Å². The molecule has 0 radical (unpaired) electrons. The first-order chi connectivity index (χ1) is 8.11. The third kappa shape index (κ3) is 2.80. The van der Waals surface area contributed by atoms with E-state index in [1.165, 1.54) is 11.2 Å². The van der Waals surface area contributed by atoms with Gasteiger partial charge < -0.3 is 14.7 Å². The van der Waals surface area contributed by atoms with Crippen LogP contribution in [0.1, 0.15) is 23.5 Å². The number of carbonyl (C=O) groups is 1. The van der Waals surface area contributed by atoms with Crippen LogP contribution >= 0.6 is 0 Å². The molecule has 1 aliphatic rings. The van der Waals surface area contributed by atoms with E-state index in [2.05, 4.69) is 15.2 Å². The Hall–Kier alpha value is -1.47. The van der Waals surface area contributed by atoms with Gasteiger partial charge in [0.05, 0.1) is 5.60 Å². The van der Waals surface area contributed by atoms with Gasteiger partial charge in [0.15, 0.2) is 0 Å². The number of nitrogens with one attached hydrogen (secondary N) is 1. The number of aromatic amines is 1. The zero-order valence-corrected chi connectivity index (χ0v) is 9.72. The number of rotatable bonds is 3.